The van der Waals surface area contributed by atoms with Gasteiger partial charge in [0.05, 0.1) is 0 Å². The molecule has 2 aromatic carbocycles. The van der Waals surface area contributed by atoms with Gasteiger partial charge in [0.15, 0.2) is 0 Å². The number of rotatable bonds is 5. The first-order chi connectivity index (χ1) is 13.2. The van der Waals surface area contributed by atoms with Crippen LogP contribution in [0.1, 0.15) is 47.2 Å². The van der Waals surface area contributed by atoms with Gasteiger partial charge < -0.3 is 15.5 Å². The van der Waals surface area contributed by atoms with E-state index >= 15 is 0 Å². The summed E-state index contributed by atoms with van der Waals surface area (Å²) in [7, 11) is 0. The molecule has 1 fully saturated rings. The van der Waals surface area contributed by atoms with E-state index in [0.29, 0.717) is 25.2 Å². The Morgan fingerprint density at radius 3 is 2.67 bits per heavy atom. The molecule has 5 nitrogen and oxygen atoms in total. The Morgan fingerprint density at radius 1 is 1.07 bits per heavy atom. The minimum atomic E-state index is -0.0721. The average Bonchev–Trinajstić information content (AvgIpc) is 2.73. The van der Waals surface area contributed by atoms with Gasteiger partial charge in [-0.1, -0.05) is 42.5 Å². The number of amides is 3. The van der Waals surface area contributed by atoms with Gasteiger partial charge in [0.2, 0.25) is 0 Å². The van der Waals surface area contributed by atoms with Crippen molar-refractivity contribution >= 4 is 11.9 Å². The van der Waals surface area contributed by atoms with Crippen molar-refractivity contribution in [1.29, 1.82) is 0 Å². The van der Waals surface area contributed by atoms with Gasteiger partial charge in [0.1, 0.15) is 0 Å². The van der Waals surface area contributed by atoms with E-state index in [1.54, 1.807) is 0 Å². The molecular weight excluding hydrogens is 338 g/mol. The predicted octanol–water partition coefficient (Wildman–Crippen LogP) is 3.53. The Kier molecular flexibility index (Phi) is 6.47. The maximum Gasteiger partial charge on any atom is 0.317 e. The summed E-state index contributed by atoms with van der Waals surface area (Å²) in [5.74, 6) is 0.195. The highest BCUT2D eigenvalue weighted by Gasteiger charge is 2.24. The number of carbonyl (C=O) groups excluding carboxylic acids is 2. The molecule has 1 heterocycles. The SMILES string of the molecule is CCNC(=O)N1CCC[C@H](c2cccc(C(=O)NCc3ccccc3)c2)C1. The Labute approximate surface area is 160 Å². The van der Waals surface area contributed by atoms with Crippen LogP contribution in [-0.2, 0) is 6.54 Å². The van der Waals surface area contributed by atoms with Gasteiger partial charge in [-0.2, -0.15) is 0 Å². The molecule has 2 N–H and O–H groups in total. The van der Waals surface area contributed by atoms with Crippen molar-refractivity contribution in [2.24, 2.45) is 0 Å². The van der Waals surface area contributed by atoms with Crippen molar-refractivity contribution in [1.82, 2.24) is 15.5 Å². The molecule has 0 saturated carbocycles. The number of carbonyl (C=O) groups is 2. The van der Waals surface area contributed by atoms with E-state index in [0.717, 1.165) is 30.5 Å². The van der Waals surface area contributed by atoms with Crippen molar-refractivity contribution in [2.75, 3.05) is 19.6 Å². The van der Waals surface area contributed by atoms with Crippen molar-refractivity contribution in [3.63, 3.8) is 0 Å². The summed E-state index contributed by atoms with van der Waals surface area (Å²) in [6, 6.07) is 17.7. The van der Waals surface area contributed by atoms with Crippen LogP contribution in [0.25, 0.3) is 0 Å². The second kappa shape index (κ2) is 9.21. The van der Waals surface area contributed by atoms with E-state index in [4.69, 9.17) is 0 Å². The Morgan fingerprint density at radius 2 is 1.89 bits per heavy atom. The Hall–Kier alpha value is -2.82. The third-order valence-corrected chi connectivity index (χ3v) is 4.95. The quantitative estimate of drug-likeness (QED) is 0.852. The zero-order valence-electron chi connectivity index (χ0n) is 15.8. The summed E-state index contributed by atoms with van der Waals surface area (Å²) in [6.07, 6.45) is 2.01. The smallest absolute Gasteiger partial charge is 0.317 e. The predicted molar refractivity (Wildman–Crippen MR) is 107 cm³/mol. The van der Waals surface area contributed by atoms with Crippen LogP contribution in [-0.4, -0.2) is 36.5 Å². The second-order valence-electron chi connectivity index (χ2n) is 6.91. The minimum Gasteiger partial charge on any atom is -0.348 e. The summed E-state index contributed by atoms with van der Waals surface area (Å²) in [5.41, 5.74) is 2.86. The highest BCUT2D eigenvalue weighted by Crippen LogP contribution is 2.27. The van der Waals surface area contributed by atoms with E-state index in [1.165, 1.54) is 0 Å². The van der Waals surface area contributed by atoms with Crippen LogP contribution in [0.3, 0.4) is 0 Å². The van der Waals surface area contributed by atoms with Crippen LogP contribution in [0.4, 0.5) is 4.79 Å². The molecule has 0 unspecified atom stereocenters. The van der Waals surface area contributed by atoms with Gasteiger partial charge in [0, 0.05) is 37.7 Å². The monoisotopic (exact) mass is 365 g/mol. The first-order valence-corrected chi connectivity index (χ1v) is 9.62. The topological polar surface area (TPSA) is 61.4 Å². The van der Waals surface area contributed by atoms with Gasteiger partial charge in [-0.05, 0) is 43.0 Å². The molecule has 1 aliphatic heterocycles. The zero-order chi connectivity index (χ0) is 19.1. The molecule has 3 rings (SSSR count). The summed E-state index contributed by atoms with van der Waals surface area (Å²) in [6.45, 7) is 4.56. The normalized spacial score (nSPS) is 16.6. The standard InChI is InChI=1S/C22H27N3O2/c1-2-23-22(27)25-13-7-12-20(16-25)18-10-6-11-19(14-18)21(26)24-15-17-8-4-3-5-9-17/h3-6,8-11,14,20H,2,7,12-13,15-16H2,1H3,(H,23,27)(H,24,26)/t20-/m0/s1. The second-order valence-corrected chi connectivity index (χ2v) is 6.91. The lowest BCUT2D eigenvalue weighted by Gasteiger charge is -2.33. The fourth-order valence-corrected chi connectivity index (χ4v) is 3.51. The third-order valence-electron chi connectivity index (χ3n) is 4.95. The van der Waals surface area contributed by atoms with Crippen molar-refractivity contribution < 1.29 is 9.59 Å². The summed E-state index contributed by atoms with van der Waals surface area (Å²) in [4.78, 5) is 26.5. The molecule has 1 aliphatic rings. The van der Waals surface area contributed by atoms with Crippen LogP contribution < -0.4 is 10.6 Å². The maximum atomic E-state index is 12.5. The molecule has 0 spiro atoms. The molecule has 3 amide bonds. The molecule has 1 atom stereocenters. The number of urea groups is 1. The molecule has 1 saturated heterocycles. The van der Waals surface area contributed by atoms with Gasteiger partial charge in [-0.3, -0.25) is 4.79 Å². The number of hydrogen-bond acceptors (Lipinski definition) is 2. The molecule has 27 heavy (non-hydrogen) atoms. The molecule has 0 bridgehead atoms. The molecular formula is C22H27N3O2. The summed E-state index contributed by atoms with van der Waals surface area (Å²) in [5, 5.41) is 5.85. The number of nitrogens with zero attached hydrogens (tertiary/aromatic N) is 1. The molecule has 0 aliphatic carbocycles. The first-order valence-electron chi connectivity index (χ1n) is 9.62. The molecule has 0 radical (unpaired) electrons. The molecule has 142 valence electrons. The number of hydrogen-bond donors (Lipinski definition) is 2. The first kappa shape index (κ1) is 19.0. The van der Waals surface area contributed by atoms with E-state index < -0.39 is 0 Å². The van der Waals surface area contributed by atoms with Crippen LogP contribution in [0.5, 0.6) is 0 Å². The minimum absolute atomic E-state index is 0.000964. The maximum absolute atomic E-state index is 12.5. The zero-order valence-corrected chi connectivity index (χ0v) is 15.8. The lowest BCUT2D eigenvalue weighted by Crippen LogP contribution is -2.44. The lowest BCUT2D eigenvalue weighted by molar-refractivity contribution is 0.0950. The number of benzene rings is 2. The third kappa shape index (κ3) is 5.09. The van der Waals surface area contributed by atoms with E-state index in [-0.39, 0.29) is 17.9 Å². The van der Waals surface area contributed by atoms with E-state index in [1.807, 2.05) is 60.4 Å². The van der Waals surface area contributed by atoms with E-state index in [9.17, 15) is 9.59 Å². The highest BCUT2D eigenvalue weighted by molar-refractivity contribution is 5.94. The van der Waals surface area contributed by atoms with E-state index in [2.05, 4.69) is 16.7 Å². The molecule has 0 aromatic heterocycles. The Balaban J connectivity index is 1.64. The fraction of sp³-hybridized carbons (Fsp3) is 0.364. The summed E-state index contributed by atoms with van der Waals surface area (Å²) >= 11 is 0. The Bertz CT molecular complexity index is 776. The van der Waals surface area contributed by atoms with Crippen LogP contribution in [0, 0.1) is 0 Å². The van der Waals surface area contributed by atoms with Gasteiger partial charge in [-0.15, -0.1) is 0 Å². The van der Waals surface area contributed by atoms with Crippen LogP contribution >= 0.6 is 0 Å². The number of piperidine rings is 1. The van der Waals surface area contributed by atoms with Crippen LogP contribution in [0.15, 0.2) is 54.6 Å². The van der Waals surface area contributed by atoms with Crippen molar-refractivity contribution in [3.8, 4) is 0 Å². The fourth-order valence-electron chi connectivity index (χ4n) is 3.51. The number of nitrogens with one attached hydrogen (secondary N) is 2. The van der Waals surface area contributed by atoms with Gasteiger partial charge in [0.25, 0.3) is 5.91 Å². The highest BCUT2D eigenvalue weighted by atomic mass is 16.2. The molecule has 5 heteroatoms. The molecule has 2 aromatic rings. The van der Waals surface area contributed by atoms with Gasteiger partial charge in [-0.25, -0.2) is 4.79 Å². The van der Waals surface area contributed by atoms with Crippen LogP contribution in [0.2, 0.25) is 0 Å². The van der Waals surface area contributed by atoms with Crippen molar-refractivity contribution in [3.05, 3.63) is 71.3 Å². The average molecular weight is 365 g/mol. The summed E-state index contributed by atoms with van der Waals surface area (Å²) < 4.78 is 0. The van der Waals surface area contributed by atoms with Crippen molar-refractivity contribution in [2.45, 2.75) is 32.2 Å². The van der Waals surface area contributed by atoms with Gasteiger partial charge >= 0.3 is 6.03 Å². The largest absolute Gasteiger partial charge is 0.348 e. The lowest BCUT2D eigenvalue weighted by atomic mass is 9.89. The number of likely N-dealkylation sites (tertiary alicyclic amines) is 1.